The molecule has 2 aromatic carbocycles. The second-order valence-corrected chi connectivity index (χ2v) is 6.64. The molecule has 0 aliphatic carbocycles. The van der Waals surface area contributed by atoms with Gasteiger partial charge in [0.05, 0.1) is 12.6 Å². The zero-order valence-electron chi connectivity index (χ0n) is 13.6. The summed E-state index contributed by atoms with van der Waals surface area (Å²) in [5.41, 5.74) is 3.00. The molecular formula is C20H16BrN3O. The smallest absolute Gasteiger partial charge is 0.219 e. The van der Waals surface area contributed by atoms with Gasteiger partial charge in [-0.1, -0.05) is 46.3 Å². The van der Waals surface area contributed by atoms with Gasteiger partial charge in [-0.05, 0) is 35.9 Å². The SMILES string of the molecule is COc1nc2ccc(Br)cc2cc1C(c1ccccc1)n1cccn1. The highest BCUT2D eigenvalue weighted by atomic mass is 79.9. The summed E-state index contributed by atoms with van der Waals surface area (Å²) in [6, 6.07) is 20.2. The molecule has 5 heteroatoms. The molecule has 0 N–H and O–H groups in total. The number of rotatable bonds is 4. The van der Waals surface area contributed by atoms with Crippen LogP contribution in [0.15, 0.2) is 77.5 Å². The fourth-order valence-corrected chi connectivity index (χ4v) is 3.43. The highest BCUT2D eigenvalue weighted by Crippen LogP contribution is 2.34. The van der Waals surface area contributed by atoms with Crippen molar-refractivity contribution in [3.05, 3.63) is 88.7 Å². The van der Waals surface area contributed by atoms with Crippen LogP contribution in [0.5, 0.6) is 5.88 Å². The Bertz CT molecular complexity index is 1000. The monoisotopic (exact) mass is 393 g/mol. The van der Waals surface area contributed by atoms with E-state index in [1.807, 2.05) is 47.3 Å². The summed E-state index contributed by atoms with van der Waals surface area (Å²) in [5.74, 6) is 0.610. The molecule has 0 spiro atoms. The van der Waals surface area contributed by atoms with Crippen molar-refractivity contribution in [3.8, 4) is 5.88 Å². The Balaban J connectivity index is 1.97. The fourth-order valence-electron chi connectivity index (χ4n) is 3.05. The van der Waals surface area contributed by atoms with E-state index in [-0.39, 0.29) is 6.04 Å². The first kappa shape index (κ1) is 15.8. The summed E-state index contributed by atoms with van der Waals surface area (Å²) in [6.45, 7) is 0. The number of pyridine rings is 1. The average molecular weight is 394 g/mol. The summed E-state index contributed by atoms with van der Waals surface area (Å²) in [7, 11) is 1.65. The lowest BCUT2D eigenvalue weighted by atomic mass is 9.98. The molecule has 0 saturated carbocycles. The molecule has 0 fully saturated rings. The molecule has 0 bridgehead atoms. The predicted octanol–water partition coefficient (Wildman–Crippen LogP) is 4.84. The Morgan fingerprint density at radius 2 is 1.88 bits per heavy atom. The highest BCUT2D eigenvalue weighted by Gasteiger charge is 2.22. The third-order valence-electron chi connectivity index (χ3n) is 4.16. The van der Waals surface area contributed by atoms with Crippen molar-refractivity contribution in [3.63, 3.8) is 0 Å². The maximum Gasteiger partial charge on any atom is 0.219 e. The zero-order chi connectivity index (χ0) is 17.2. The first-order valence-corrected chi connectivity index (χ1v) is 8.74. The minimum Gasteiger partial charge on any atom is -0.481 e. The van der Waals surface area contributed by atoms with E-state index in [1.165, 1.54) is 0 Å². The topological polar surface area (TPSA) is 39.9 Å². The number of fused-ring (bicyclic) bond motifs is 1. The number of nitrogens with zero attached hydrogens (tertiary/aromatic N) is 3. The molecule has 124 valence electrons. The van der Waals surface area contributed by atoms with Crippen molar-refractivity contribution in [1.29, 1.82) is 0 Å². The molecule has 2 aromatic heterocycles. The van der Waals surface area contributed by atoms with Crippen LogP contribution < -0.4 is 4.74 Å². The highest BCUT2D eigenvalue weighted by molar-refractivity contribution is 9.10. The lowest BCUT2D eigenvalue weighted by Crippen LogP contribution is -2.14. The molecule has 1 unspecified atom stereocenters. The predicted molar refractivity (Wildman–Crippen MR) is 102 cm³/mol. The molecule has 2 heterocycles. The van der Waals surface area contributed by atoms with Gasteiger partial charge in [-0.3, -0.25) is 4.68 Å². The number of ether oxygens (including phenoxy) is 1. The van der Waals surface area contributed by atoms with E-state index in [0.29, 0.717) is 5.88 Å². The molecular weight excluding hydrogens is 378 g/mol. The molecule has 0 radical (unpaired) electrons. The lowest BCUT2D eigenvalue weighted by Gasteiger charge is -2.21. The van der Waals surface area contributed by atoms with Crippen molar-refractivity contribution in [2.24, 2.45) is 0 Å². The van der Waals surface area contributed by atoms with Crippen molar-refractivity contribution in [2.75, 3.05) is 7.11 Å². The summed E-state index contributed by atoms with van der Waals surface area (Å²) in [6.07, 6.45) is 3.75. The Labute approximate surface area is 154 Å². The Morgan fingerprint density at radius 1 is 1.04 bits per heavy atom. The van der Waals surface area contributed by atoms with Crippen LogP contribution in [-0.2, 0) is 0 Å². The molecule has 0 saturated heterocycles. The molecule has 0 aliphatic heterocycles. The van der Waals surface area contributed by atoms with Crippen molar-refractivity contribution in [1.82, 2.24) is 14.8 Å². The van der Waals surface area contributed by atoms with Crippen LogP contribution in [0.2, 0.25) is 0 Å². The number of hydrogen-bond acceptors (Lipinski definition) is 3. The van der Waals surface area contributed by atoms with Crippen LogP contribution in [0, 0.1) is 0 Å². The quantitative estimate of drug-likeness (QED) is 0.497. The van der Waals surface area contributed by atoms with Gasteiger partial charge in [-0.15, -0.1) is 0 Å². The maximum atomic E-state index is 5.62. The van der Waals surface area contributed by atoms with Gasteiger partial charge in [0.25, 0.3) is 0 Å². The first-order valence-electron chi connectivity index (χ1n) is 7.94. The Kier molecular flexibility index (Phi) is 4.24. The Hall–Kier alpha value is -2.66. The van der Waals surface area contributed by atoms with E-state index < -0.39 is 0 Å². The number of methoxy groups -OCH3 is 1. The summed E-state index contributed by atoms with van der Waals surface area (Å²) in [5, 5.41) is 5.52. The minimum atomic E-state index is -0.109. The third-order valence-corrected chi connectivity index (χ3v) is 4.66. The van der Waals surface area contributed by atoms with E-state index >= 15 is 0 Å². The maximum absolute atomic E-state index is 5.62. The van der Waals surface area contributed by atoms with E-state index in [2.05, 4.69) is 45.3 Å². The average Bonchev–Trinajstić information content (AvgIpc) is 3.16. The van der Waals surface area contributed by atoms with E-state index in [4.69, 9.17) is 9.72 Å². The van der Waals surface area contributed by atoms with E-state index in [0.717, 1.165) is 26.5 Å². The molecule has 0 aliphatic rings. The minimum absolute atomic E-state index is 0.109. The second-order valence-electron chi connectivity index (χ2n) is 5.72. The number of aromatic nitrogens is 3. The van der Waals surface area contributed by atoms with Gasteiger partial charge in [-0.25, -0.2) is 4.98 Å². The normalized spacial score (nSPS) is 12.2. The number of hydrogen-bond donors (Lipinski definition) is 0. The molecule has 4 rings (SSSR count). The van der Waals surface area contributed by atoms with Crippen LogP contribution in [0.1, 0.15) is 17.2 Å². The van der Waals surface area contributed by atoms with Crippen LogP contribution in [-0.4, -0.2) is 21.9 Å². The van der Waals surface area contributed by atoms with Gasteiger partial charge < -0.3 is 4.74 Å². The van der Waals surface area contributed by atoms with Crippen LogP contribution in [0.3, 0.4) is 0 Å². The van der Waals surface area contributed by atoms with Gasteiger partial charge >= 0.3 is 0 Å². The van der Waals surface area contributed by atoms with Crippen LogP contribution in [0.25, 0.3) is 10.9 Å². The Morgan fingerprint density at radius 3 is 2.60 bits per heavy atom. The summed E-state index contributed by atoms with van der Waals surface area (Å²) >= 11 is 3.54. The molecule has 25 heavy (non-hydrogen) atoms. The van der Waals surface area contributed by atoms with E-state index in [9.17, 15) is 0 Å². The van der Waals surface area contributed by atoms with Gasteiger partial charge in [0.2, 0.25) is 5.88 Å². The van der Waals surface area contributed by atoms with Gasteiger partial charge in [0, 0.05) is 27.8 Å². The standard InChI is InChI=1S/C20H16BrN3O/c1-25-20-17(13-15-12-16(21)8-9-18(15)23-20)19(24-11-5-10-22-24)14-6-3-2-4-7-14/h2-13,19H,1H3. The number of halogens is 1. The van der Waals surface area contributed by atoms with Crippen molar-refractivity contribution < 1.29 is 4.74 Å². The first-order chi connectivity index (χ1) is 12.3. The summed E-state index contributed by atoms with van der Waals surface area (Å²) < 4.78 is 8.57. The molecule has 4 aromatic rings. The van der Waals surface area contributed by atoms with Crippen LogP contribution >= 0.6 is 15.9 Å². The third kappa shape index (κ3) is 3.03. The molecule has 0 amide bonds. The fraction of sp³-hybridized carbons (Fsp3) is 0.100. The number of benzene rings is 2. The van der Waals surface area contributed by atoms with Crippen molar-refractivity contribution in [2.45, 2.75) is 6.04 Å². The summed E-state index contributed by atoms with van der Waals surface area (Å²) in [4.78, 5) is 4.71. The van der Waals surface area contributed by atoms with E-state index in [1.54, 1.807) is 13.3 Å². The largest absolute Gasteiger partial charge is 0.481 e. The van der Waals surface area contributed by atoms with Gasteiger partial charge in [0.1, 0.15) is 6.04 Å². The van der Waals surface area contributed by atoms with Crippen LogP contribution in [0.4, 0.5) is 0 Å². The molecule has 4 nitrogen and oxygen atoms in total. The second kappa shape index (κ2) is 6.69. The van der Waals surface area contributed by atoms with Crippen molar-refractivity contribution >= 4 is 26.8 Å². The van der Waals surface area contributed by atoms with Gasteiger partial charge in [0.15, 0.2) is 0 Å². The zero-order valence-corrected chi connectivity index (χ0v) is 15.2. The lowest BCUT2D eigenvalue weighted by molar-refractivity contribution is 0.388. The molecule has 1 atom stereocenters. The van der Waals surface area contributed by atoms with Gasteiger partial charge in [-0.2, -0.15) is 5.10 Å².